The Morgan fingerprint density at radius 3 is 2.58 bits per heavy atom. The molecule has 9 nitrogen and oxygen atoms in total. The highest BCUT2D eigenvalue weighted by Crippen LogP contribution is 2.51. The van der Waals surface area contributed by atoms with Gasteiger partial charge in [-0.2, -0.15) is 0 Å². The third-order valence-corrected chi connectivity index (χ3v) is 8.63. The average molecular weight is 577 g/mol. The molecule has 0 bridgehead atoms. The first kappa shape index (κ1) is 29.0. The lowest BCUT2D eigenvalue weighted by Crippen LogP contribution is -2.31. The van der Waals surface area contributed by atoms with E-state index in [0.29, 0.717) is 10.4 Å². The first-order valence-corrected chi connectivity index (χ1v) is 14.4. The van der Waals surface area contributed by atoms with Crippen molar-refractivity contribution in [2.45, 2.75) is 57.6 Å². The minimum absolute atomic E-state index is 0.233. The van der Waals surface area contributed by atoms with Gasteiger partial charge in [-0.05, 0) is 45.1 Å². The molecule has 0 spiro atoms. The first-order chi connectivity index (χ1) is 16.9. The number of aliphatic hydroxyl groups excluding tert-OH is 1. The topological polar surface area (TPSA) is 112 Å². The van der Waals surface area contributed by atoms with Crippen LogP contribution in [0.3, 0.4) is 0 Å². The van der Waals surface area contributed by atoms with Gasteiger partial charge >= 0.3 is 13.6 Å². The fourth-order valence-electron chi connectivity index (χ4n) is 3.54. The summed E-state index contributed by atoms with van der Waals surface area (Å²) in [5.41, 5.74) is 0.753. The van der Waals surface area contributed by atoms with Gasteiger partial charge in [0.2, 0.25) is 0 Å². The second-order valence-corrected chi connectivity index (χ2v) is 12.2. The highest BCUT2D eigenvalue weighted by molar-refractivity contribution is 7.72. The largest absolute Gasteiger partial charge is 0.463 e. The lowest BCUT2D eigenvalue weighted by atomic mass is 10.2. The first-order valence-electron chi connectivity index (χ1n) is 11.4. The van der Waals surface area contributed by atoms with Gasteiger partial charge in [0, 0.05) is 11.8 Å². The number of carbonyl (C=O) groups excluding carboxylic acids is 1. The summed E-state index contributed by atoms with van der Waals surface area (Å²) in [5.74, 6) is -0.971. The Kier molecular flexibility index (Phi) is 9.90. The quantitative estimate of drug-likeness (QED) is 0.168. The summed E-state index contributed by atoms with van der Waals surface area (Å²) in [7, 11) is -3.89. The number of halogens is 1. The molecular formula is C23H30ClN2O7PS2. The molecule has 1 unspecified atom stereocenters. The molecule has 0 radical (unpaired) electrons. The van der Waals surface area contributed by atoms with Gasteiger partial charge in [0.1, 0.15) is 28.0 Å². The van der Waals surface area contributed by atoms with Crippen molar-refractivity contribution < 1.29 is 33.0 Å². The molecule has 1 aliphatic rings. The summed E-state index contributed by atoms with van der Waals surface area (Å²) in [6.07, 6.45) is -1.77. The smallest absolute Gasteiger partial charge is 0.380 e. The summed E-state index contributed by atoms with van der Waals surface area (Å²) in [6, 6.07) is 8.48. The summed E-state index contributed by atoms with van der Waals surface area (Å²) in [5, 5.41) is 9.87. The number of aromatic nitrogens is 2. The summed E-state index contributed by atoms with van der Waals surface area (Å²) in [4.78, 5) is 15.3. The predicted octanol–water partition coefficient (Wildman–Crippen LogP) is 5.33. The Morgan fingerprint density at radius 2 is 1.94 bits per heavy atom. The molecule has 0 saturated carbocycles. The zero-order valence-corrected chi connectivity index (χ0v) is 23.6. The van der Waals surface area contributed by atoms with Gasteiger partial charge in [-0.15, -0.1) is 11.6 Å². The fraction of sp³-hybridized carbons (Fsp3) is 0.522. The van der Waals surface area contributed by atoms with Gasteiger partial charge in [-0.3, -0.25) is 13.9 Å². The molecule has 1 fully saturated rings. The van der Waals surface area contributed by atoms with Gasteiger partial charge < -0.3 is 24.1 Å². The number of rotatable bonds is 10. The SMILES string of the molecule is Cc1cn([C@H]2O[C@@H](CO[P@](=O)(C[C@@H](C)C(=O)OC(C)C)Oc3ccccc3)C(O)[C@H]2Cl)c(=S)[nH]c1=S. The number of aliphatic hydroxyl groups is 1. The maximum Gasteiger partial charge on any atom is 0.380 e. The van der Waals surface area contributed by atoms with Crippen molar-refractivity contribution in [2.24, 2.45) is 5.92 Å². The normalized spacial score (nSPS) is 24.3. The van der Waals surface area contributed by atoms with Gasteiger partial charge in [0.15, 0.2) is 11.0 Å². The number of aryl methyl sites for hydroxylation is 1. The van der Waals surface area contributed by atoms with Gasteiger partial charge in [-0.25, -0.2) is 4.57 Å². The van der Waals surface area contributed by atoms with E-state index in [-0.39, 0.29) is 23.6 Å². The number of carbonyl (C=O) groups is 1. The molecule has 0 aliphatic carbocycles. The number of para-hydroxylation sites is 1. The van der Waals surface area contributed by atoms with E-state index in [0.717, 1.165) is 5.56 Å². The highest BCUT2D eigenvalue weighted by Gasteiger charge is 2.45. The molecule has 6 atom stereocenters. The zero-order chi connectivity index (χ0) is 26.6. The van der Waals surface area contributed by atoms with Crippen LogP contribution in [-0.2, 0) is 23.4 Å². The lowest BCUT2D eigenvalue weighted by Gasteiger charge is -2.24. The van der Waals surface area contributed by atoms with Crippen molar-refractivity contribution in [3.8, 4) is 5.75 Å². The number of esters is 1. The van der Waals surface area contributed by atoms with E-state index in [2.05, 4.69) is 4.98 Å². The standard InChI is InChI=1S/C23H30ClN2O7PS2/c1-13(2)31-22(28)15(4)12-34(29,33-16-8-6-5-7-9-16)30-11-17-19(27)18(24)21(32-17)26-10-14(3)20(35)25-23(26)36/h5-10,13,15,17-19,21,27H,11-12H2,1-4H3,(H,25,35,36)/t15-,17+,18-,19?,21+,34-/m1/s1. The van der Waals surface area contributed by atoms with Crippen LogP contribution >= 0.6 is 43.6 Å². The number of aromatic amines is 1. The molecule has 198 valence electrons. The zero-order valence-electron chi connectivity index (χ0n) is 20.3. The van der Waals surface area contributed by atoms with E-state index in [1.165, 1.54) is 0 Å². The number of benzene rings is 1. The molecule has 1 saturated heterocycles. The average Bonchev–Trinajstić information content (AvgIpc) is 3.08. The van der Waals surface area contributed by atoms with E-state index in [9.17, 15) is 14.5 Å². The fourth-order valence-corrected chi connectivity index (χ4v) is 6.23. The second-order valence-electron chi connectivity index (χ2n) is 8.86. The second kappa shape index (κ2) is 12.3. The van der Waals surface area contributed by atoms with Crippen LogP contribution in [0.1, 0.15) is 32.6 Å². The number of H-pyrrole nitrogens is 1. The molecule has 1 aliphatic heterocycles. The van der Waals surface area contributed by atoms with Crippen molar-refractivity contribution in [2.75, 3.05) is 12.8 Å². The number of ether oxygens (including phenoxy) is 2. The van der Waals surface area contributed by atoms with Crippen LogP contribution in [0.4, 0.5) is 0 Å². The van der Waals surface area contributed by atoms with Crippen LogP contribution in [0.2, 0.25) is 0 Å². The van der Waals surface area contributed by atoms with Crippen LogP contribution in [-0.4, -0.2) is 57.1 Å². The Morgan fingerprint density at radius 1 is 1.28 bits per heavy atom. The third-order valence-electron chi connectivity index (χ3n) is 5.39. The van der Waals surface area contributed by atoms with Crippen molar-refractivity contribution >= 4 is 49.6 Å². The minimum Gasteiger partial charge on any atom is -0.463 e. The highest BCUT2D eigenvalue weighted by atomic mass is 35.5. The Labute approximate surface area is 225 Å². The number of alkyl halides is 1. The van der Waals surface area contributed by atoms with Crippen LogP contribution in [0, 0.1) is 22.3 Å². The van der Waals surface area contributed by atoms with Gasteiger partial charge in [0.25, 0.3) is 0 Å². The van der Waals surface area contributed by atoms with Gasteiger partial charge in [0.05, 0.1) is 24.8 Å². The summed E-state index contributed by atoms with van der Waals surface area (Å²) in [6.45, 7) is 6.55. The van der Waals surface area contributed by atoms with E-state index < -0.39 is 43.3 Å². The molecule has 2 aromatic rings. The maximum absolute atomic E-state index is 13.8. The summed E-state index contributed by atoms with van der Waals surface area (Å²) < 4.78 is 38.8. The van der Waals surface area contributed by atoms with E-state index >= 15 is 0 Å². The molecule has 13 heteroatoms. The molecule has 1 aromatic heterocycles. The molecule has 2 N–H and O–H groups in total. The molecular weight excluding hydrogens is 547 g/mol. The molecule has 2 heterocycles. The Balaban J connectivity index is 1.77. The summed E-state index contributed by atoms with van der Waals surface area (Å²) >= 11 is 17.0. The molecule has 36 heavy (non-hydrogen) atoms. The van der Waals surface area contributed by atoms with E-state index in [1.54, 1.807) is 61.9 Å². The van der Waals surface area contributed by atoms with E-state index in [4.69, 9.17) is 54.6 Å². The van der Waals surface area contributed by atoms with Crippen LogP contribution < -0.4 is 4.52 Å². The van der Waals surface area contributed by atoms with Crippen molar-refractivity contribution in [3.63, 3.8) is 0 Å². The number of nitrogens with one attached hydrogen (secondary N) is 1. The predicted molar refractivity (Wildman–Crippen MR) is 141 cm³/mol. The monoisotopic (exact) mass is 576 g/mol. The molecule has 3 rings (SSSR count). The van der Waals surface area contributed by atoms with Crippen molar-refractivity contribution in [3.05, 3.63) is 51.5 Å². The molecule has 0 amide bonds. The Hall–Kier alpha value is -1.59. The third kappa shape index (κ3) is 7.25. The maximum atomic E-state index is 13.8. The minimum atomic E-state index is -3.89. The van der Waals surface area contributed by atoms with E-state index in [1.807, 2.05) is 6.92 Å². The number of hydrogen-bond acceptors (Lipinski definition) is 9. The Bertz CT molecular complexity index is 1220. The van der Waals surface area contributed by atoms with Crippen LogP contribution in [0.25, 0.3) is 0 Å². The molecule has 1 aromatic carbocycles. The lowest BCUT2D eigenvalue weighted by molar-refractivity contribution is -0.151. The number of nitrogens with zero attached hydrogens (tertiary/aromatic N) is 1. The van der Waals surface area contributed by atoms with Crippen molar-refractivity contribution in [1.82, 2.24) is 9.55 Å². The van der Waals surface area contributed by atoms with Crippen LogP contribution in [0.5, 0.6) is 5.75 Å². The van der Waals surface area contributed by atoms with Crippen molar-refractivity contribution in [1.29, 1.82) is 0 Å². The van der Waals surface area contributed by atoms with Gasteiger partial charge in [-0.1, -0.05) is 37.3 Å². The number of hydrogen-bond donors (Lipinski definition) is 2. The van der Waals surface area contributed by atoms with Crippen LogP contribution in [0.15, 0.2) is 36.5 Å².